The number of piperidine rings is 1. The van der Waals surface area contributed by atoms with Crippen LogP contribution in [0.2, 0.25) is 5.82 Å². The maximum absolute atomic E-state index is 13.4. The molecule has 0 aliphatic carbocycles. The first-order valence-corrected chi connectivity index (χ1v) is 11.9. The zero-order chi connectivity index (χ0) is 22.2. The van der Waals surface area contributed by atoms with Crippen LogP contribution in [0.3, 0.4) is 0 Å². The maximum atomic E-state index is 13.4. The summed E-state index contributed by atoms with van der Waals surface area (Å²) >= 11 is 0. The van der Waals surface area contributed by atoms with Crippen LogP contribution in [0.1, 0.15) is 17.0 Å². The molecule has 0 amide bonds. The lowest BCUT2D eigenvalue weighted by Gasteiger charge is -2.45. The van der Waals surface area contributed by atoms with E-state index < -0.39 is 10.0 Å². The van der Waals surface area contributed by atoms with Crippen LogP contribution in [0, 0.1) is 6.92 Å². The Labute approximate surface area is 185 Å². The molecule has 1 aliphatic heterocycles. The van der Waals surface area contributed by atoms with Crippen molar-refractivity contribution in [2.24, 2.45) is 14.1 Å². The quantitative estimate of drug-likeness (QED) is 0.352. The molecular weight excluding hydrogens is 405 g/mol. The van der Waals surface area contributed by atoms with Gasteiger partial charge in [-0.15, -0.1) is 0 Å². The van der Waals surface area contributed by atoms with E-state index in [2.05, 4.69) is 35.1 Å². The van der Waals surface area contributed by atoms with Gasteiger partial charge in [-0.1, -0.05) is 60.2 Å². The normalized spacial score (nSPS) is 20.2. The standard InChI is InChI=1S/C24H28BN3O2S/c1-18-10-12-21(13-11-18)31(29,30)28-16-19(2)23(20-8-6-5-7-9-20)22(17-28)25-24-26(3)14-15-27(24)4/h5-15,22-23H,2,16-17H2,1,3-4H3/t22?,23-/m0/s1. The molecule has 160 valence electrons. The molecule has 3 aromatic rings. The Morgan fingerprint density at radius 3 is 2.39 bits per heavy atom. The van der Waals surface area contributed by atoms with Gasteiger partial charge in [0, 0.05) is 12.3 Å². The van der Waals surface area contributed by atoms with Crippen molar-refractivity contribution in [3.05, 3.63) is 90.3 Å². The zero-order valence-electron chi connectivity index (χ0n) is 18.3. The summed E-state index contributed by atoms with van der Waals surface area (Å²) in [5, 5.41) is 0. The molecule has 1 fully saturated rings. The van der Waals surface area contributed by atoms with E-state index in [0.717, 1.165) is 22.4 Å². The van der Waals surface area contributed by atoms with Crippen LogP contribution in [-0.4, -0.2) is 37.7 Å². The van der Waals surface area contributed by atoms with E-state index in [0.29, 0.717) is 18.0 Å². The van der Waals surface area contributed by atoms with Gasteiger partial charge in [0.2, 0.25) is 10.0 Å². The van der Waals surface area contributed by atoms with Gasteiger partial charge in [-0.3, -0.25) is 9.13 Å². The second kappa shape index (κ2) is 8.48. The highest BCUT2D eigenvalue weighted by molar-refractivity contribution is 7.89. The molecular formula is C24H28BN3O2S. The second-order valence-corrected chi connectivity index (χ2v) is 10.3. The number of rotatable bonds is 5. The fourth-order valence-corrected chi connectivity index (χ4v) is 5.88. The minimum Gasteiger partial charge on any atom is -0.280 e. The molecule has 1 unspecified atom stereocenters. The molecule has 2 aromatic carbocycles. The highest BCUT2D eigenvalue weighted by Crippen LogP contribution is 2.40. The summed E-state index contributed by atoms with van der Waals surface area (Å²) in [6.07, 6.45) is 4.00. The first-order valence-electron chi connectivity index (χ1n) is 10.4. The number of imidazole rings is 1. The third kappa shape index (κ3) is 4.25. The average Bonchev–Trinajstić information content (AvgIpc) is 3.06. The number of benzene rings is 2. The van der Waals surface area contributed by atoms with Crippen molar-refractivity contribution in [3.8, 4) is 0 Å². The molecule has 0 saturated carbocycles. The molecule has 1 aromatic heterocycles. The topological polar surface area (TPSA) is 46.2 Å². The largest absolute Gasteiger partial charge is 0.280 e. The van der Waals surface area contributed by atoms with E-state index in [9.17, 15) is 8.42 Å². The summed E-state index contributed by atoms with van der Waals surface area (Å²) in [6.45, 7) is 7.00. The third-order valence-electron chi connectivity index (χ3n) is 6.08. The van der Waals surface area contributed by atoms with Gasteiger partial charge in [-0.05, 0) is 37.1 Å². The Balaban J connectivity index is 1.71. The van der Waals surface area contributed by atoms with Crippen molar-refractivity contribution in [1.82, 2.24) is 8.87 Å². The summed E-state index contributed by atoms with van der Waals surface area (Å²) in [5.41, 5.74) is 4.14. The van der Waals surface area contributed by atoms with Gasteiger partial charge in [0.1, 0.15) is 12.4 Å². The van der Waals surface area contributed by atoms with Crippen molar-refractivity contribution < 1.29 is 13.0 Å². The molecule has 31 heavy (non-hydrogen) atoms. The van der Waals surface area contributed by atoms with E-state index in [1.165, 1.54) is 0 Å². The van der Waals surface area contributed by atoms with Crippen molar-refractivity contribution >= 4 is 23.0 Å². The SMILES string of the molecule is C=C1CN(S(=O)(=O)c2ccc(C)cc2)CC([B-]c2n(C)cc[n+]2C)[C@@H]1c1ccccc1. The van der Waals surface area contributed by atoms with Crippen LogP contribution in [-0.2, 0) is 24.1 Å². The third-order valence-corrected chi connectivity index (χ3v) is 7.90. The predicted molar refractivity (Wildman–Crippen MR) is 124 cm³/mol. The van der Waals surface area contributed by atoms with Crippen LogP contribution < -0.4 is 10.3 Å². The molecule has 5 nitrogen and oxygen atoms in total. The van der Waals surface area contributed by atoms with E-state index in [1.807, 2.05) is 63.7 Å². The molecule has 0 spiro atoms. The fourth-order valence-electron chi connectivity index (χ4n) is 4.40. The molecule has 0 N–H and O–H groups in total. The second-order valence-electron chi connectivity index (χ2n) is 8.37. The summed E-state index contributed by atoms with van der Waals surface area (Å²) < 4.78 is 32.5. The Bertz CT molecular complexity index is 1170. The fraction of sp³-hybridized carbons (Fsp3) is 0.292. The molecule has 7 heteroatoms. The number of aryl methyl sites for hydroxylation is 3. The van der Waals surface area contributed by atoms with Gasteiger partial charge in [0.05, 0.1) is 19.0 Å². The molecule has 1 aliphatic rings. The number of hydrogen-bond acceptors (Lipinski definition) is 2. The minimum absolute atomic E-state index is 0.0383. The molecule has 2 atom stereocenters. The first kappa shape index (κ1) is 21.6. The average molecular weight is 433 g/mol. The highest BCUT2D eigenvalue weighted by atomic mass is 32.2. The lowest BCUT2D eigenvalue weighted by molar-refractivity contribution is -0.653. The molecule has 2 radical (unpaired) electrons. The predicted octanol–water partition coefficient (Wildman–Crippen LogP) is 2.32. The van der Waals surface area contributed by atoms with Gasteiger partial charge < -0.3 is 0 Å². The van der Waals surface area contributed by atoms with Gasteiger partial charge in [-0.2, -0.15) is 17.4 Å². The van der Waals surface area contributed by atoms with Gasteiger partial charge in [-0.25, -0.2) is 8.42 Å². The Kier molecular flexibility index (Phi) is 5.91. The smallest absolute Gasteiger partial charge is 0.243 e. The zero-order valence-corrected chi connectivity index (χ0v) is 19.1. The van der Waals surface area contributed by atoms with E-state index in [4.69, 9.17) is 0 Å². The number of sulfonamides is 1. The van der Waals surface area contributed by atoms with E-state index in [1.54, 1.807) is 16.4 Å². The minimum atomic E-state index is -3.61. The number of nitrogens with zero attached hydrogens (tertiary/aromatic N) is 3. The van der Waals surface area contributed by atoms with Gasteiger partial charge >= 0.3 is 0 Å². The molecule has 4 rings (SSSR count). The molecule has 0 bridgehead atoms. The Morgan fingerprint density at radius 1 is 1.10 bits per heavy atom. The van der Waals surface area contributed by atoms with Crippen molar-refractivity contribution in [3.63, 3.8) is 0 Å². The van der Waals surface area contributed by atoms with Gasteiger partial charge in [0.15, 0.2) is 0 Å². The van der Waals surface area contributed by atoms with Crippen LogP contribution >= 0.6 is 0 Å². The van der Waals surface area contributed by atoms with Gasteiger partial charge in [0.25, 0.3) is 0 Å². The lowest BCUT2D eigenvalue weighted by atomic mass is 9.54. The van der Waals surface area contributed by atoms with Crippen molar-refractivity contribution in [2.45, 2.75) is 23.6 Å². The lowest BCUT2D eigenvalue weighted by Crippen LogP contribution is -2.54. The Hall–Kier alpha value is -2.64. The number of hydrogen-bond donors (Lipinski definition) is 0. The maximum Gasteiger partial charge on any atom is 0.243 e. The summed E-state index contributed by atoms with van der Waals surface area (Å²) in [7, 11) is 2.57. The number of aromatic nitrogens is 2. The van der Waals surface area contributed by atoms with E-state index >= 15 is 0 Å². The Morgan fingerprint density at radius 2 is 1.77 bits per heavy atom. The van der Waals surface area contributed by atoms with Crippen LogP contribution in [0.5, 0.6) is 0 Å². The summed E-state index contributed by atoms with van der Waals surface area (Å²) in [5.74, 6) is 0.0178. The summed E-state index contributed by atoms with van der Waals surface area (Å²) in [6, 6.07) is 17.3. The van der Waals surface area contributed by atoms with Crippen LogP contribution in [0.4, 0.5) is 0 Å². The van der Waals surface area contributed by atoms with Crippen molar-refractivity contribution in [2.75, 3.05) is 13.1 Å². The van der Waals surface area contributed by atoms with E-state index in [-0.39, 0.29) is 11.7 Å². The van der Waals surface area contributed by atoms with Crippen LogP contribution in [0.25, 0.3) is 0 Å². The van der Waals surface area contributed by atoms with Crippen LogP contribution in [0.15, 0.2) is 84.0 Å². The summed E-state index contributed by atoms with van der Waals surface area (Å²) in [4.78, 5) is 0.326. The molecule has 1 saturated heterocycles. The first-order chi connectivity index (χ1) is 14.8. The monoisotopic (exact) mass is 433 g/mol. The van der Waals surface area contributed by atoms with Crippen molar-refractivity contribution in [1.29, 1.82) is 0 Å². The highest BCUT2D eigenvalue weighted by Gasteiger charge is 2.34. The molecule has 2 heterocycles.